The van der Waals surface area contributed by atoms with E-state index in [1.54, 1.807) is 4.90 Å². The highest BCUT2D eigenvalue weighted by Gasteiger charge is 2.23. The molecule has 0 atom stereocenters. The molecule has 0 spiro atoms. The van der Waals surface area contributed by atoms with Crippen molar-refractivity contribution in [3.63, 3.8) is 0 Å². The molecule has 0 radical (unpaired) electrons. The van der Waals surface area contributed by atoms with E-state index >= 15 is 0 Å². The number of piperidine rings is 1. The summed E-state index contributed by atoms with van der Waals surface area (Å²) < 4.78 is 6.67. The molecule has 1 amide bonds. The molecule has 1 aromatic rings. The van der Waals surface area contributed by atoms with E-state index in [1.165, 1.54) is 12.7 Å². The number of nitrogens with zero attached hydrogens (tertiary/aromatic N) is 4. The highest BCUT2D eigenvalue weighted by Crippen LogP contribution is 2.14. The highest BCUT2D eigenvalue weighted by atomic mass is 127. The van der Waals surface area contributed by atoms with Gasteiger partial charge in [-0.1, -0.05) is 0 Å². The predicted molar refractivity (Wildman–Crippen MR) is 113 cm³/mol. The van der Waals surface area contributed by atoms with E-state index in [2.05, 4.69) is 29.6 Å². The Morgan fingerprint density at radius 2 is 2.00 bits per heavy atom. The third-order valence-electron chi connectivity index (χ3n) is 4.67. The first kappa shape index (κ1) is 22.5. The van der Waals surface area contributed by atoms with Gasteiger partial charge in [-0.05, 0) is 33.6 Å². The summed E-state index contributed by atoms with van der Waals surface area (Å²) in [6.07, 6.45) is 1.51. The van der Waals surface area contributed by atoms with E-state index in [9.17, 15) is 4.79 Å². The third-order valence-corrected chi connectivity index (χ3v) is 4.67. The van der Waals surface area contributed by atoms with Crippen LogP contribution in [-0.2, 0) is 18.3 Å². The molecular formula is C17H31IN6O2. The maximum Gasteiger partial charge on any atom is 0.409 e. The van der Waals surface area contributed by atoms with Crippen LogP contribution >= 0.6 is 24.0 Å². The van der Waals surface area contributed by atoms with Crippen LogP contribution in [-0.4, -0.2) is 59.5 Å². The van der Waals surface area contributed by atoms with Crippen molar-refractivity contribution in [3.05, 3.63) is 17.0 Å². The van der Waals surface area contributed by atoms with Gasteiger partial charge in [0.25, 0.3) is 0 Å². The number of methoxy groups -OCH3 is 1. The van der Waals surface area contributed by atoms with Crippen molar-refractivity contribution in [2.24, 2.45) is 12.0 Å². The number of aryl methyl sites for hydroxylation is 2. The molecule has 0 aliphatic carbocycles. The van der Waals surface area contributed by atoms with Gasteiger partial charge in [-0.15, -0.1) is 24.0 Å². The van der Waals surface area contributed by atoms with Gasteiger partial charge in [0, 0.05) is 44.0 Å². The topological polar surface area (TPSA) is 83.8 Å². The fourth-order valence-corrected chi connectivity index (χ4v) is 3.05. The van der Waals surface area contributed by atoms with Crippen LogP contribution in [0.25, 0.3) is 0 Å². The molecule has 1 fully saturated rings. The minimum absolute atomic E-state index is 0. The minimum Gasteiger partial charge on any atom is -0.453 e. The van der Waals surface area contributed by atoms with Gasteiger partial charge in [0.2, 0.25) is 0 Å². The second kappa shape index (κ2) is 10.6. The van der Waals surface area contributed by atoms with Crippen LogP contribution in [0.15, 0.2) is 4.99 Å². The number of ether oxygens (including phenoxy) is 1. The average Bonchev–Trinajstić information content (AvgIpc) is 2.85. The molecule has 0 bridgehead atoms. The lowest BCUT2D eigenvalue weighted by atomic mass is 10.1. The number of carbonyl (C=O) groups is 1. The summed E-state index contributed by atoms with van der Waals surface area (Å²) in [6.45, 7) is 8.93. The van der Waals surface area contributed by atoms with Crippen molar-refractivity contribution < 1.29 is 9.53 Å². The van der Waals surface area contributed by atoms with Crippen LogP contribution in [0, 0.1) is 13.8 Å². The zero-order valence-electron chi connectivity index (χ0n) is 16.3. The van der Waals surface area contributed by atoms with E-state index in [1.807, 2.05) is 18.7 Å². The first-order valence-corrected chi connectivity index (χ1v) is 8.83. The lowest BCUT2D eigenvalue weighted by Gasteiger charge is -2.32. The van der Waals surface area contributed by atoms with E-state index < -0.39 is 0 Å². The number of aliphatic imine (C=N–C) groups is 1. The highest BCUT2D eigenvalue weighted by molar-refractivity contribution is 14.0. The molecule has 26 heavy (non-hydrogen) atoms. The molecule has 1 aromatic heterocycles. The van der Waals surface area contributed by atoms with Crippen molar-refractivity contribution >= 4 is 36.0 Å². The van der Waals surface area contributed by atoms with E-state index in [0.29, 0.717) is 25.7 Å². The van der Waals surface area contributed by atoms with Crippen molar-refractivity contribution in [2.45, 2.75) is 46.2 Å². The van der Waals surface area contributed by atoms with Gasteiger partial charge >= 0.3 is 6.09 Å². The summed E-state index contributed by atoms with van der Waals surface area (Å²) in [5.74, 6) is 0.807. The molecule has 0 saturated carbocycles. The second-order valence-corrected chi connectivity index (χ2v) is 6.34. The summed E-state index contributed by atoms with van der Waals surface area (Å²) in [7, 11) is 3.37. The zero-order chi connectivity index (χ0) is 18.4. The number of aromatic nitrogens is 2. The Kier molecular flexibility index (Phi) is 9.17. The van der Waals surface area contributed by atoms with Gasteiger partial charge in [-0.25, -0.2) is 9.79 Å². The zero-order valence-corrected chi connectivity index (χ0v) is 18.7. The normalized spacial score (nSPS) is 15.4. The van der Waals surface area contributed by atoms with E-state index in [0.717, 1.165) is 36.7 Å². The number of hydrogen-bond acceptors (Lipinski definition) is 4. The third kappa shape index (κ3) is 5.75. The van der Waals surface area contributed by atoms with Crippen LogP contribution in [0.5, 0.6) is 0 Å². The fraction of sp³-hybridized carbons (Fsp3) is 0.706. The molecule has 148 valence electrons. The Balaban J connectivity index is 0.00000338. The predicted octanol–water partition coefficient (Wildman–Crippen LogP) is 1.94. The Labute approximate surface area is 172 Å². The average molecular weight is 478 g/mol. The van der Waals surface area contributed by atoms with Crippen molar-refractivity contribution in [1.82, 2.24) is 25.3 Å². The summed E-state index contributed by atoms with van der Waals surface area (Å²) in [5.41, 5.74) is 3.33. The molecular weight excluding hydrogens is 447 g/mol. The summed E-state index contributed by atoms with van der Waals surface area (Å²) in [5, 5.41) is 11.2. The molecule has 0 unspecified atom stereocenters. The maximum absolute atomic E-state index is 11.6. The van der Waals surface area contributed by atoms with E-state index in [4.69, 9.17) is 9.73 Å². The molecule has 2 heterocycles. The Hall–Kier alpha value is -1.52. The lowest BCUT2D eigenvalue weighted by Crippen LogP contribution is -2.49. The van der Waals surface area contributed by atoms with Gasteiger partial charge in [0.05, 0.1) is 19.3 Å². The van der Waals surface area contributed by atoms with Crippen LogP contribution < -0.4 is 10.6 Å². The monoisotopic (exact) mass is 478 g/mol. The van der Waals surface area contributed by atoms with Gasteiger partial charge in [-0.2, -0.15) is 5.10 Å². The van der Waals surface area contributed by atoms with Crippen LogP contribution in [0.2, 0.25) is 0 Å². The van der Waals surface area contributed by atoms with Gasteiger partial charge in [0.1, 0.15) is 0 Å². The number of likely N-dealkylation sites (tertiary alicyclic amines) is 1. The van der Waals surface area contributed by atoms with E-state index in [-0.39, 0.29) is 30.1 Å². The largest absolute Gasteiger partial charge is 0.453 e. The number of amides is 1. The molecule has 0 aromatic carbocycles. The minimum atomic E-state index is -0.249. The molecule has 1 saturated heterocycles. The van der Waals surface area contributed by atoms with Crippen molar-refractivity contribution in [2.75, 3.05) is 26.7 Å². The number of rotatable bonds is 4. The first-order chi connectivity index (χ1) is 12.0. The SMILES string of the molecule is CCNC(=NCc1c(C)nn(C)c1C)NC1CCN(C(=O)OC)CC1.I. The Bertz CT molecular complexity index is 623. The molecule has 1 aliphatic heterocycles. The van der Waals surface area contributed by atoms with Crippen LogP contribution in [0.3, 0.4) is 0 Å². The standard InChI is InChI=1S/C17H30N6O2.HI/c1-6-18-16(19-11-15-12(2)21-22(4)13(15)3)20-14-7-9-23(10-8-14)17(24)25-5;/h14H,6-11H2,1-5H3,(H2,18,19,20);1H. The van der Waals surface area contributed by atoms with Gasteiger partial charge < -0.3 is 20.3 Å². The Morgan fingerprint density at radius 3 is 2.50 bits per heavy atom. The smallest absolute Gasteiger partial charge is 0.409 e. The maximum atomic E-state index is 11.6. The van der Waals surface area contributed by atoms with Crippen molar-refractivity contribution in [1.29, 1.82) is 0 Å². The van der Waals surface area contributed by atoms with Gasteiger partial charge in [0.15, 0.2) is 5.96 Å². The molecule has 2 N–H and O–H groups in total. The summed E-state index contributed by atoms with van der Waals surface area (Å²) in [4.78, 5) is 18.0. The number of carbonyl (C=O) groups excluding carboxylic acids is 1. The molecule has 2 rings (SSSR count). The van der Waals surface area contributed by atoms with Crippen LogP contribution in [0.1, 0.15) is 36.7 Å². The number of hydrogen-bond donors (Lipinski definition) is 2. The van der Waals surface area contributed by atoms with Crippen LogP contribution in [0.4, 0.5) is 4.79 Å². The van der Waals surface area contributed by atoms with Crippen molar-refractivity contribution in [3.8, 4) is 0 Å². The van der Waals surface area contributed by atoms with Gasteiger partial charge in [-0.3, -0.25) is 4.68 Å². The summed E-state index contributed by atoms with van der Waals surface area (Å²) in [6, 6.07) is 0.301. The fourth-order valence-electron chi connectivity index (χ4n) is 3.05. The lowest BCUT2D eigenvalue weighted by molar-refractivity contribution is 0.111. The second-order valence-electron chi connectivity index (χ2n) is 6.34. The molecule has 9 heteroatoms. The number of guanidine groups is 1. The molecule has 1 aliphatic rings. The summed E-state index contributed by atoms with van der Waals surface area (Å²) >= 11 is 0. The Morgan fingerprint density at radius 1 is 1.35 bits per heavy atom. The quantitative estimate of drug-likeness (QED) is 0.393. The first-order valence-electron chi connectivity index (χ1n) is 8.83. The number of nitrogens with one attached hydrogen (secondary N) is 2. The number of halogens is 1. The molecule has 8 nitrogen and oxygen atoms in total.